The van der Waals surface area contributed by atoms with Crippen LogP contribution in [0, 0.1) is 0 Å². The lowest BCUT2D eigenvalue weighted by Crippen LogP contribution is -2.10. The number of hydrogen-bond donors (Lipinski definition) is 0. The van der Waals surface area contributed by atoms with Crippen LogP contribution in [0.4, 0.5) is 0 Å². The molecular formula is C7H4N4. The van der Waals surface area contributed by atoms with Crippen LogP contribution < -0.4 is 0 Å². The molecule has 2 heterocycles. The first-order valence-corrected chi connectivity index (χ1v) is 3.35. The Morgan fingerprint density at radius 3 is 3.09 bits per heavy atom. The first kappa shape index (κ1) is 5.01. The number of fused-ring (bicyclic) bond motifs is 4. The molecule has 0 atom stereocenters. The van der Waals surface area contributed by atoms with Crippen LogP contribution in [0.5, 0.6) is 0 Å². The van der Waals surface area contributed by atoms with Gasteiger partial charge in [-0.25, -0.2) is 0 Å². The summed E-state index contributed by atoms with van der Waals surface area (Å²) in [6.07, 6.45) is 0. The Morgan fingerprint density at radius 2 is 2.09 bits per heavy atom. The average molecular weight is 144 g/mol. The maximum atomic E-state index is 3.85. The van der Waals surface area contributed by atoms with Crippen LogP contribution >= 0.6 is 0 Å². The number of nitrogens with zero attached hydrogens (tertiary/aromatic N) is 4. The second-order valence-electron chi connectivity index (χ2n) is 2.43. The summed E-state index contributed by atoms with van der Waals surface area (Å²) in [5.41, 5.74) is 2.23. The van der Waals surface area contributed by atoms with Crippen LogP contribution in [-0.2, 0) is 0 Å². The van der Waals surface area contributed by atoms with Crippen LogP contribution in [0.15, 0.2) is 24.3 Å². The zero-order valence-electron chi connectivity index (χ0n) is 5.60. The second kappa shape index (κ2) is 1.47. The molecule has 0 radical (unpaired) electrons. The van der Waals surface area contributed by atoms with Crippen molar-refractivity contribution < 1.29 is 0 Å². The molecule has 0 N–H and O–H groups in total. The van der Waals surface area contributed by atoms with Crippen LogP contribution in [0.25, 0.3) is 17.1 Å². The van der Waals surface area contributed by atoms with Gasteiger partial charge in [-0.3, -0.25) is 0 Å². The SMILES string of the molecule is c1ccc2c(c1)-c1nnnn1-2. The fourth-order valence-electron chi connectivity index (χ4n) is 1.31. The summed E-state index contributed by atoms with van der Waals surface area (Å²) in [4.78, 5) is 0. The first-order chi connectivity index (χ1) is 5.47. The topological polar surface area (TPSA) is 43.6 Å². The molecule has 3 rings (SSSR count). The zero-order valence-corrected chi connectivity index (χ0v) is 5.60. The van der Waals surface area contributed by atoms with Crippen molar-refractivity contribution >= 4 is 0 Å². The molecule has 0 saturated heterocycles. The molecule has 0 bridgehead atoms. The summed E-state index contributed by atoms with van der Waals surface area (Å²) in [5.74, 6) is 0.862. The van der Waals surface area contributed by atoms with Crippen LogP contribution in [0.2, 0.25) is 0 Å². The number of hydrogen-bond acceptors (Lipinski definition) is 3. The highest BCUT2D eigenvalue weighted by Gasteiger charge is 2.24. The predicted molar refractivity (Wildman–Crippen MR) is 38.1 cm³/mol. The van der Waals surface area contributed by atoms with Crippen molar-refractivity contribution in [3.05, 3.63) is 24.3 Å². The number of aromatic nitrogens is 4. The molecule has 1 aromatic heterocycles. The van der Waals surface area contributed by atoms with E-state index in [1.54, 1.807) is 4.68 Å². The van der Waals surface area contributed by atoms with Gasteiger partial charge < -0.3 is 0 Å². The molecule has 4 heteroatoms. The molecular weight excluding hydrogens is 140 g/mol. The number of para-hydroxylation sites is 1. The summed E-state index contributed by atoms with van der Waals surface area (Å²) in [6, 6.07) is 7.97. The largest absolute Gasteiger partial charge is 0.192 e. The van der Waals surface area contributed by atoms with Crippen LogP contribution in [-0.4, -0.2) is 20.2 Å². The van der Waals surface area contributed by atoms with Crippen molar-refractivity contribution in [2.75, 3.05) is 0 Å². The van der Waals surface area contributed by atoms with Crippen LogP contribution in [0.1, 0.15) is 0 Å². The van der Waals surface area contributed by atoms with Gasteiger partial charge in [0.2, 0.25) is 0 Å². The third kappa shape index (κ3) is 0.440. The fourth-order valence-corrected chi connectivity index (χ4v) is 1.31. The van der Waals surface area contributed by atoms with E-state index in [0.717, 1.165) is 17.1 Å². The van der Waals surface area contributed by atoms with E-state index in [-0.39, 0.29) is 0 Å². The van der Waals surface area contributed by atoms with Crippen molar-refractivity contribution in [2.24, 2.45) is 0 Å². The molecule has 1 aliphatic rings. The lowest BCUT2D eigenvalue weighted by atomic mass is 10.1. The number of benzene rings is 1. The van der Waals surface area contributed by atoms with Gasteiger partial charge in [-0.05, 0) is 22.6 Å². The Balaban J connectivity index is 2.38. The Morgan fingerprint density at radius 1 is 1.18 bits per heavy atom. The molecule has 1 aromatic carbocycles. The minimum absolute atomic E-state index is 0.862. The number of tetrazole rings is 1. The van der Waals surface area contributed by atoms with Crippen molar-refractivity contribution in [2.45, 2.75) is 0 Å². The molecule has 4 nitrogen and oxygen atoms in total. The third-order valence-electron chi connectivity index (χ3n) is 1.84. The zero-order chi connectivity index (χ0) is 7.26. The summed E-state index contributed by atoms with van der Waals surface area (Å²) < 4.78 is 1.73. The summed E-state index contributed by atoms with van der Waals surface area (Å²) >= 11 is 0. The van der Waals surface area contributed by atoms with Gasteiger partial charge in [0.1, 0.15) is 0 Å². The molecule has 1 aliphatic heterocycles. The quantitative estimate of drug-likeness (QED) is 0.465. The average Bonchev–Trinajstić information content (AvgIpc) is 2.44. The highest BCUT2D eigenvalue weighted by molar-refractivity contribution is 5.76. The van der Waals surface area contributed by atoms with Gasteiger partial charge in [-0.15, -0.1) is 5.10 Å². The van der Waals surface area contributed by atoms with Gasteiger partial charge in [-0.2, -0.15) is 4.68 Å². The molecule has 11 heavy (non-hydrogen) atoms. The summed E-state index contributed by atoms with van der Waals surface area (Å²) in [5, 5.41) is 11.2. The Labute approximate surface area is 62.5 Å². The molecule has 0 aliphatic carbocycles. The van der Waals surface area contributed by atoms with Crippen molar-refractivity contribution in [3.63, 3.8) is 0 Å². The lowest BCUT2D eigenvalue weighted by molar-refractivity contribution is 0.777. The van der Waals surface area contributed by atoms with Gasteiger partial charge in [-0.1, -0.05) is 12.1 Å². The fraction of sp³-hybridized carbons (Fsp3) is 0. The smallest absolute Gasteiger partial charge is 0.189 e. The van der Waals surface area contributed by atoms with Crippen molar-refractivity contribution in [1.82, 2.24) is 20.2 Å². The van der Waals surface area contributed by atoms with E-state index in [1.807, 2.05) is 24.3 Å². The highest BCUT2D eigenvalue weighted by Crippen LogP contribution is 2.33. The predicted octanol–water partition coefficient (Wildman–Crippen LogP) is 0.643. The minimum atomic E-state index is 0.862. The van der Waals surface area contributed by atoms with E-state index < -0.39 is 0 Å². The lowest BCUT2D eigenvalue weighted by Gasteiger charge is -2.16. The molecule has 0 unspecified atom stereocenters. The molecule has 0 amide bonds. The minimum Gasteiger partial charge on any atom is -0.192 e. The van der Waals surface area contributed by atoms with Gasteiger partial charge in [0.15, 0.2) is 5.82 Å². The van der Waals surface area contributed by atoms with Gasteiger partial charge in [0.05, 0.1) is 5.69 Å². The van der Waals surface area contributed by atoms with Crippen LogP contribution in [0.3, 0.4) is 0 Å². The normalized spacial score (nSPS) is 11.6. The van der Waals surface area contributed by atoms with E-state index in [2.05, 4.69) is 15.5 Å². The maximum absolute atomic E-state index is 3.85. The van der Waals surface area contributed by atoms with E-state index in [4.69, 9.17) is 0 Å². The Hall–Kier alpha value is -1.71. The molecule has 52 valence electrons. The monoisotopic (exact) mass is 144 g/mol. The summed E-state index contributed by atoms with van der Waals surface area (Å²) in [7, 11) is 0. The van der Waals surface area contributed by atoms with Gasteiger partial charge in [0, 0.05) is 5.56 Å². The Kier molecular flexibility index (Phi) is 0.671. The molecule has 0 spiro atoms. The van der Waals surface area contributed by atoms with Crippen molar-refractivity contribution in [3.8, 4) is 17.1 Å². The first-order valence-electron chi connectivity index (χ1n) is 3.35. The van der Waals surface area contributed by atoms with E-state index in [9.17, 15) is 0 Å². The van der Waals surface area contributed by atoms with Gasteiger partial charge in [0.25, 0.3) is 0 Å². The number of rotatable bonds is 0. The van der Waals surface area contributed by atoms with E-state index >= 15 is 0 Å². The molecule has 0 fully saturated rings. The highest BCUT2D eigenvalue weighted by atomic mass is 15.6. The van der Waals surface area contributed by atoms with Gasteiger partial charge >= 0.3 is 0 Å². The third-order valence-corrected chi connectivity index (χ3v) is 1.84. The second-order valence-corrected chi connectivity index (χ2v) is 2.43. The molecule has 2 aromatic rings. The Bertz CT molecular complexity index is 380. The van der Waals surface area contributed by atoms with Crippen molar-refractivity contribution in [1.29, 1.82) is 0 Å². The molecule has 0 saturated carbocycles. The maximum Gasteiger partial charge on any atom is 0.189 e. The van der Waals surface area contributed by atoms with E-state index in [0.29, 0.717) is 0 Å². The standard InChI is InChI=1S/C7H4N4/c1-2-4-6-5(3-1)7-8-9-10-11(6)7/h1-4H. The summed E-state index contributed by atoms with van der Waals surface area (Å²) in [6.45, 7) is 0. The van der Waals surface area contributed by atoms with E-state index in [1.165, 1.54) is 0 Å².